The molecule has 19 heavy (non-hydrogen) atoms. The lowest BCUT2D eigenvalue weighted by Gasteiger charge is -2.41. The lowest BCUT2D eigenvalue weighted by Crippen LogP contribution is -2.49. The number of hydrogen-bond donors (Lipinski definition) is 1. The van der Waals surface area contributed by atoms with Gasteiger partial charge in [0.25, 0.3) is 0 Å². The number of halogens is 1. The normalized spacial score (nSPS) is 28.8. The molecule has 0 aromatic carbocycles. The molecule has 0 radical (unpaired) electrons. The van der Waals surface area contributed by atoms with Gasteiger partial charge in [-0.1, -0.05) is 11.6 Å². The smallest absolute Gasteiger partial charge is 0.145 e. The number of nitrogens with zero attached hydrogens (tertiary/aromatic N) is 3. The Morgan fingerprint density at radius 2 is 2.37 bits per heavy atom. The highest BCUT2D eigenvalue weighted by Crippen LogP contribution is 2.49. The summed E-state index contributed by atoms with van der Waals surface area (Å²) in [6, 6.07) is 3.79. The van der Waals surface area contributed by atoms with E-state index in [0.29, 0.717) is 16.4 Å². The predicted molar refractivity (Wildman–Crippen MR) is 75.3 cm³/mol. The molecule has 1 saturated carbocycles. The molecule has 3 heterocycles. The van der Waals surface area contributed by atoms with Crippen molar-refractivity contribution in [3.8, 4) is 6.07 Å². The Balaban J connectivity index is 1.74. The van der Waals surface area contributed by atoms with E-state index in [1.165, 1.54) is 19.4 Å². The minimum Gasteiger partial charge on any atom is -0.367 e. The van der Waals surface area contributed by atoms with Crippen molar-refractivity contribution in [2.75, 3.05) is 25.5 Å². The van der Waals surface area contributed by atoms with Gasteiger partial charge in [0.2, 0.25) is 0 Å². The molecule has 2 saturated heterocycles. The van der Waals surface area contributed by atoms with Gasteiger partial charge in [-0.15, -0.1) is 0 Å². The van der Waals surface area contributed by atoms with Gasteiger partial charge in [0, 0.05) is 18.6 Å². The maximum atomic E-state index is 8.94. The first-order valence-electron chi connectivity index (χ1n) is 6.56. The number of nitriles is 1. The van der Waals surface area contributed by atoms with E-state index in [1.54, 1.807) is 6.07 Å². The zero-order valence-corrected chi connectivity index (χ0v) is 12.0. The average Bonchev–Trinajstić information content (AvgIpc) is 2.81. The first-order valence-corrected chi connectivity index (χ1v) is 6.94. The minimum absolute atomic E-state index is 0.289. The fourth-order valence-electron chi connectivity index (χ4n) is 3.38. The SMILES string of the molecule is Cc1nc(NCC23CC(CN2C)C3)c(Cl)cc1C#N. The van der Waals surface area contributed by atoms with Crippen LogP contribution in [-0.4, -0.2) is 35.6 Å². The second-order valence-corrected chi connectivity index (χ2v) is 6.20. The first kappa shape index (κ1) is 12.7. The molecule has 0 atom stereocenters. The number of aryl methyl sites for hydroxylation is 1. The highest BCUT2D eigenvalue weighted by Gasteiger charge is 2.53. The van der Waals surface area contributed by atoms with Crippen LogP contribution in [0.3, 0.4) is 0 Å². The summed E-state index contributed by atoms with van der Waals surface area (Å²) in [5, 5.41) is 12.8. The van der Waals surface area contributed by atoms with Crippen LogP contribution in [0.2, 0.25) is 5.02 Å². The third-order valence-corrected chi connectivity index (χ3v) is 4.84. The standard InChI is InChI=1S/C14H17ClN4/c1-9-11(6-16)3-12(15)13(18-9)17-8-14-4-10(5-14)7-19(14)2/h3,10H,4-5,7-8H2,1-2H3,(H,17,18). The Labute approximate surface area is 118 Å². The summed E-state index contributed by atoms with van der Waals surface area (Å²) in [6.45, 7) is 3.91. The molecule has 1 aromatic rings. The summed E-state index contributed by atoms with van der Waals surface area (Å²) in [7, 11) is 2.19. The van der Waals surface area contributed by atoms with Crippen molar-refractivity contribution in [1.82, 2.24) is 9.88 Å². The molecule has 0 spiro atoms. The van der Waals surface area contributed by atoms with Gasteiger partial charge in [0.15, 0.2) is 0 Å². The molecule has 1 aliphatic carbocycles. The number of nitrogens with one attached hydrogen (secondary N) is 1. The van der Waals surface area contributed by atoms with Gasteiger partial charge in [-0.2, -0.15) is 5.26 Å². The average molecular weight is 277 g/mol. The summed E-state index contributed by atoms with van der Waals surface area (Å²) in [5.74, 6) is 1.56. The highest BCUT2D eigenvalue weighted by atomic mass is 35.5. The number of pyridine rings is 1. The second kappa shape index (κ2) is 4.36. The number of rotatable bonds is 3. The Morgan fingerprint density at radius 1 is 1.63 bits per heavy atom. The third kappa shape index (κ3) is 1.98. The topological polar surface area (TPSA) is 52.0 Å². The van der Waals surface area contributed by atoms with Gasteiger partial charge < -0.3 is 5.32 Å². The molecule has 5 heteroatoms. The molecule has 3 fully saturated rings. The minimum atomic E-state index is 0.289. The van der Waals surface area contributed by atoms with Gasteiger partial charge in [-0.3, -0.25) is 4.90 Å². The lowest BCUT2D eigenvalue weighted by molar-refractivity contribution is 0.146. The maximum absolute atomic E-state index is 8.94. The van der Waals surface area contributed by atoms with Crippen molar-refractivity contribution in [3.05, 3.63) is 22.3 Å². The molecule has 0 amide bonds. The van der Waals surface area contributed by atoms with Gasteiger partial charge in [0.1, 0.15) is 11.9 Å². The summed E-state index contributed by atoms with van der Waals surface area (Å²) >= 11 is 6.17. The Morgan fingerprint density at radius 3 is 2.95 bits per heavy atom. The van der Waals surface area contributed by atoms with E-state index >= 15 is 0 Å². The van der Waals surface area contributed by atoms with Gasteiger partial charge in [0.05, 0.1) is 16.3 Å². The van der Waals surface area contributed by atoms with Crippen molar-refractivity contribution in [3.63, 3.8) is 0 Å². The van der Waals surface area contributed by atoms with Crippen LogP contribution < -0.4 is 5.32 Å². The van der Waals surface area contributed by atoms with E-state index in [-0.39, 0.29) is 5.54 Å². The molecular weight excluding hydrogens is 260 g/mol. The van der Waals surface area contributed by atoms with E-state index in [4.69, 9.17) is 16.9 Å². The Bertz CT molecular complexity index is 557. The number of fused-ring (bicyclic) bond motifs is 1. The van der Waals surface area contributed by atoms with E-state index in [0.717, 1.165) is 18.2 Å². The van der Waals surface area contributed by atoms with Gasteiger partial charge in [-0.25, -0.2) is 4.98 Å². The van der Waals surface area contributed by atoms with E-state index in [9.17, 15) is 0 Å². The van der Waals surface area contributed by atoms with E-state index in [2.05, 4.69) is 28.3 Å². The number of likely N-dealkylation sites (N-methyl/N-ethyl adjacent to an activating group) is 1. The van der Waals surface area contributed by atoms with Crippen LogP contribution in [0.1, 0.15) is 24.1 Å². The summed E-state index contributed by atoms with van der Waals surface area (Å²) in [4.78, 5) is 6.83. The fraction of sp³-hybridized carbons (Fsp3) is 0.571. The van der Waals surface area contributed by atoms with Crippen LogP contribution in [0.15, 0.2) is 6.07 Å². The lowest BCUT2D eigenvalue weighted by atomic mass is 9.73. The molecule has 1 aromatic heterocycles. The fourth-order valence-corrected chi connectivity index (χ4v) is 3.60. The monoisotopic (exact) mass is 276 g/mol. The van der Waals surface area contributed by atoms with Crippen molar-refractivity contribution in [1.29, 1.82) is 5.26 Å². The van der Waals surface area contributed by atoms with Crippen LogP contribution in [0.25, 0.3) is 0 Å². The van der Waals surface area contributed by atoms with Crippen LogP contribution in [0, 0.1) is 24.2 Å². The predicted octanol–water partition coefficient (Wildman–Crippen LogP) is 2.42. The van der Waals surface area contributed by atoms with Crippen molar-refractivity contribution < 1.29 is 0 Å². The molecule has 3 aliphatic rings. The molecule has 2 aliphatic heterocycles. The molecule has 4 rings (SSSR count). The van der Waals surface area contributed by atoms with E-state index < -0.39 is 0 Å². The quantitative estimate of drug-likeness (QED) is 0.921. The highest BCUT2D eigenvalue weighted by molar-refractivity contribution is 6.33. The Hall–Kier alpha value is -1.31. The molecule has 0 unspecified atom stereocenters. The molecule has 4 nitrogen and oxygen atoms in total. The second-order valence-electron chi connectivity index (χ2n) is 5.80. The molecular formula is C14H17ClN4. The number of aromatic nitrogens is 1. The van der Waals surface area contributed by atoms with Crippen molar-refractivity contribution in [2.24, 2.45) is 5.92 Å². The largest absolute Gasteiger partial charge is 0.367 e. The number of anilines is 1. The Kier molecular flexibility index (Phi) is 2.92. The van der Waals surface area contributed by atoms with Gasteiger partial charge in [-0.05, 0) is 38.8 Å². The summed E-state index contributed by atoms with van der Waals surface area (Å²) in [5.41, 5.74) is 1.55. The number of hydrogen-bond acceptors (Lipinski definition) is 4. The van der Waals surface area contributed by atoms with Crippen molar-refractivity contribution in [2.45, 2.75) is 25.3 Å². The zero-order chi connectivity index (χ0) is 13.6. The molecule has 1 N–H and O–H groups in total. The maximum Gasteiger partial charge on any atom is 0.145 e. The summed E-state index contributed by atoms with van der Waals surface area (Å²) in [6.07, 6.45) is 2.53. The van der Waals surface area contributed by atoms with Gasteiger partial charge >= 0.3 is 0 Å². The zero-order valence-electron chi connectivity index (χ0n) is 11.2. The first-order chi connectivity index (χ1) is 9.04. The van der Waals surface area contributed by atoms with Crippen LogP contribution in [0.4, 0.5) is 5.82 Å². The van der Waals surface area contributed by atoms with Crippen LogP contribution in [-0.2, 0) is 0 Å². The summed E-state index contributed by atoms with van der Waals surface area (Å²) < 4.78 is 0. The third-order valence-electron chi connectivity index (χ3n) is 4.55. The van der Waals surface area contributed by atoms with Crippen LogP contribution in [0.5, 0.6) is 0 Å². The van der Waals surface area contributed by atoms with Crippen molar-refractivity contribution >= 4 is 17.4 Å². The van der Waals surface area contributed by atoms with E-state index in [1.807, 2.05) is 6.92 Å². The molecule has 2 bridgehead atoms. The van der Waals surface area contributed by atoms with Crippen LogP contribution >= 0.6 is 11.6 Å². The molecule has 100 valence electrons.